The molecular formula is C4H5FNO. The van der Waals surface area contributed by atoms with Crippen molar-refractivity contribution in [2.24, 2.45) is 0 Å². The third-order valence-corrected chi connectivity index (χ3v) is 0.957. The Kier molecular flexibility index (Phi) is 0.964. The highest BCUT2D eigenvalue weighted by atomic mass is 19.1. The Labute approximate surface area is 40.7 Å². The number of alkyl halides is 1. The van der Waals surface area contributed by atoms with Gasteiger partial charge in [-0.15, -0.1) is 0 Å². The van der Waals surface area contributed by atoms with Crippen LogP contribution in [-0.4, -0.2) is 18.6 Å². The molecule has 39 valence electrons. The van der Waals surface area contributed by atoms with Crippen LogP contribution in [0, 0.1) is 0 Å². The second-order valence-corrected chi connectivity index (χ2v) is 1.60. The van der Waals surface area contributed by atoms with Crippen LogP contribution in [-0.2, 0) is 4.79 Å². The second-order valence-electron chi connectivity index (χ2n) is 1.60. The van der Waals surface area contributed by atoms with E-state index in [1.165, 1.54) is 6.41 Å². The minimum absolute atomic E-state index is 0.225. The molecule has 1 fully saturated rings. The van der Waals surface area contributed by atoms with Gasteiger partial charge in [0.05, 0.1) is 6.04 Å². The fourth-order valence-electron chi connectivity index (χ4n) is 0.389. The summed E-state index contributed by atoms with van der Waals surface area (Å²) in [5.74, 6) is 0. The van der Waals surface area contributed by atoms with Crippen molar-refractivity contribution in [1.82, 2.24) is 5.32 Å². The van der Waals surface area contributed by atoms with Crippen molar-refractivity contribution in [1.29, 1.82) is 0 Å². The molecule has 0 bridgehead atoms. The van der Waals surface area contributed by atoms with Crippen LogP contribution in [0.3, 0.4) is 0 Å². The number of hydrogen-bond acceptors (Lipinski definition) is 1. The topological polar surface area (TPSA) is 29.1 Å². The molecule has 1 amide bonds. The van der Waals surface area contributed by atoms with Crippen LogP contribution in [0.25, 0.3) is 0 Å². The van der Waals surface area contributed by atoms with E-state index in [2.05, 4.69) is 5.32 Å². The van der Waals surface area contributed by atoms with Gasteiger partial charge in [0, 0.05) is 6.42 Å². The van der Waals surface area contributed by atoms with Crippen LogP contribution in [0.4, 0.5) is 4.39 Å². The molecule has 0 spiro atoms. The third-order valence-electron chi connectivity index (χ3n) is 0.957. The van der Waals surface area contributed by atoms with Gasteiger partial charge in [-0.2, -0.15) is 0 Å². The lowest BCUT2D eigenvalue weighted by Crippen LogP contribution is -2.15. The summed E-state index contributed by atoms with van der Waals surface area (Å²) < 4.78 is 11.7. The maximum Gasteiger partial charge on any atom is 0.309 e. The summed E-state index contributed by atoms with van der Waals surface area (Å²) in [4.78, 5) is 9.40. The number of carbonyl (C=O) groups excluding carboxylic acids is 1. The zero-order valence-corrected chi connectivity index (χ0v) is 3.65. The van der Waals surface area contributed by atoms with Gasteiger partial charge in [-0.05, 0) is 0 Å². The summed E-state index contributed by atoms with van der Waals surface area (Å²) in [5, 5.41) is 2.19. The Balaban J connectivity index is 2.08. The Bertz CT molecular complexity index is 85.8. The lowest BCUT2D eigenvalue weighted by Gasteiger charge is -1.82. The van der Waals surface area contributed by atoms with E-state index in [9.17, 15) is 9.18 Å². The standard InChI is InChI=1S/C4H5FNO/c5-3-1-4(3)6-2-7/h3-4H,1H2,(H,6,7)/t3-,4-/m0/s1. The van der Waals surface area contributed by atoms with Crippen molar-refractivity contribution in [3.63, 3.8) is 0 Å². The molecule has 7 heavy (non-hydrogen) atoms. The Morgan fingerprint density at radius 2 is 2.43 bits per heavy atom. The van der Waals surface area contributed by atoms with E-state index in [4.69, 9.17) is 0 Å². The third kappa shape index (κ3) is 0.885. The van der Waals surface area contributed by atoms with Gasteiger partial charge < -0.3 is 5.32 Å². The fraction of sp³-hybridized carbons (Fsp3) is 0.750. The highest BCUT2D eigenvalue weighted by Crippen LogP contribution is 2.23. The van der Waals surface area contributed by atoms with E-state index < -0.39 is 6.17 Å². The SMILES string of the molecule is O=[C]N[C@H]1C[C@@H]1F. The van der Waals surface area contributed by atoms with Crippen molar-refractivity contribution in [3.8, 4) is 0 Å². The number of halogens is 1. The Morgan fingerprint density at radius 3 is 2.57 bits per heavy atom. The lowest BCUT2D eigenvalue weighted by atomic mass is 10.7. The van der Waals surface area contributed by atoms with Gasteiger partial charge in [0.1, 0.15) is 6.17 Å². The highest BCUT2D eigenvalue weighted by Gasteiger charge is 2.36. The Hall–Kier alpha value is -0.600. The molecule has 0 unspecified atom stereocenters. The van der Waals surface area contributed by atoms with Crippen molar-refractivity contribution < 1.29 is 9.18 Å². The number of hydrogen-bond donors (Lipinski definition) is 1. The van der Waals surface area contributed by atoms with E-state index in [1.54, 1.807) is 0 Å². The van der Waals surface area contributed by atoms with E-state index in [0.717, 1.165) is 0 Å². The zero-order chi connectivity index (χ0) is 5.28. The summed E-state index contributed by atoms with van der Waals surface area (Å²) in [6, 6.07) is -0.225. The zero-order valence-electron chi connectivity index (χ0n) is 3.65. The summed E-state index contributed by atoms with van der Waals surface area (Å²) in [5.41, 5.74) is 0. The molecule has 1 aliphatic carbocycles. The number of amides is 1. The smallest absolute Gasteiger partial charge is 0.309 e. The first-order chi connectivity index (χ1) is 3.34. The lowest BCUT2D eigenvalue weighted by molar-refractivity contribution is 0.455. The quantitative estimate of drug-likeness (QED) is 0.479. The molecular weight excluding hydrogens is 97.0 g/mol. The molecule has 1 aliphatic rings. The molecule has 1 radical (unpaired) electrons. The second kappa shape index (κ2) is 1.48. The summed E-state index contributed by atoms with van der Waals surface area (Å²) in [6.07, 6.45) is 1.08. The molecule has 1 rings (SSSR count). The van der Waals surface area contributed by atoms with Gasteiger partial charge in [0.25, 0.3) is 0 Å². The van der Waals surface area contributed by atoms with Crippen LogP contribution in [0.2, 0.25) is 0 Å². The maximum absolute atomic E-state index is 11.7. The van der Waals surface area contributed by atoms with Gasteiger partial charge in [-0.1, -0.05) is 0 Å². The van der Waals surface area contributed by atoms with E-state index in [-0.39, 0.29) is 6.04 Å². The number of nitrogens with one attached hydrogen (secondary N) is 1. The van der Waals surface area contributed by atoms with Gasteiger partial charge in [0.15, 0.2) is 0 Å². The first-order valence-electron chi connectivity index (χ1n) is 2.11. The van der Waals surface area contributed by atoms with Gasteiger partial charge in [0.2, 0.25) is 0 Å². The van der Waals surface area contributed by atoms with E-state index in [1.807, 2.05) is 0 Å². The van der Waals surface area contributed by atoms with Crippen LogP contribution < -0.4 is 5.32 Å². The van der Waals surface area contributed by atoms with E-state index in [0.29, 0.717) is 6.42 Å². The van der Waals surface area contributed by atoms with Gasteiger partial charge in [-0.25, -0.2) is 4.39 Å². The fourth-order valence-corrected chi connectivity index (χ4v) is 0.389. The average Bonchev–Trinajstić information content (AvgIpc) is 2.22. The minimum Gasteiger partial charge on any atom is -0.342 e. The first-order valence-corrected chi connectivity index (χ1v) is 2.11. The summed E-state index contributed by atoms with van der Waals surface area (Å²) >= 11 is 0. The predicted molar refractivity (Wildman–Crippen MR) is 22.1 cm³/mol. The predicted octanol–water partition coefficient (Wildman–Crippen LogP) is -0.246. The minimum atomic E-state index is -0.804. The molecule has 0 aromatic carbocycles. The molecule has 1 N–H and O–H groups in total. The van der Waals surface area contributed by atoms with Crippen LogP contribution >= 0.6 is 0 Å². The van der Waals surface area contributed by atoms with Crippen LogP contribution in [0.5, 0.6) is 0 Å². The number of rotatable bonds is 2. The summed E-state index contributed by atoms with van der Waals surface area (Å²) in [7, 11) is 0. The van der Waals surface area contributed by atoms with Crippen molar-refractivity contribution in [2.75, 3.05) is 0 Å². The summed E-state index contributed by atoms with van der Waals surface area (Å²) in [6.45, 7) is 0. The largest absolute Gasteiger partial charge is 0.342 e. The monoisotopic (exact) mass is 102 g/mol. The van der Waals surface area contributed by atoms with Gasteiger partial charge in [-0.3, -0.25) is 4.79 Å². The van der Waals surface area contributed by atoms with Gasteiger partial charge >= 0.3 is 6.41 Å². The molecule has 0 aliphatic heterocycles. The van der Waals surface area contributed by atoms with Crippen LogP contribution in [0.1, 0.15) is 6.42 Å². The van der Waals surface area contributed by atoms with E-state index >= 15 is 0 Å². The molecule has 1 saturated carbocycles. The highest BCUT2D eigenvalue weighted by molar-refractivity contribution is 5.48. The molecule has 0 heterocycles. The molecule has 2 nitrogen and oxygen atoms in total. The van der Waals surface area contributed by atoms with Crippen LogP contribution in [0.15, 0.2) is 0 Å². The average molecular weight is 102 g/mol. The maximum atomic E-state index is 11.7. The van der Waals surface area contributed by atoms with Crippen molar-refractivity contribution in [2.45, 2.75) is 18.6 Å². The van der Waals surface area contributed by atoms with Crippen molar-refractivity contribution >= 4 is 6.41 Å². The molecule has 0 aromatic heterocycles. The first kappa shape index (κ1) is 4.56. The molecule has 2 atom stereocenters. The molecule has 3 heteroatoms. The normalized spacial score (nSPS) is 37.3. The Morgan fingerprint density at radius 1 is 1.86 bits per heavy atom. The molecule has 0 aromatic rings. The van der Waals surface area contributed by atoms with Crippen molar-refractivity contribution in [3.05, 3.63) is 0 Å². The molecule has 0 saturated heterocycles.